The maximum absolute atomic E-state index is 13.7. The van der Waals surface area contributed by atoms with Gasteiger partial charge in [0.15, 0.2) is 5.60 Å². The first-order valence-corrected chi connectivity index (χ1v) is 13.3. The number of hydrogen-bond donors (Lipinski definition) is 2. The molecule has 0 spiro atoms. The van der Waals surface area contributed by atoms with Gasteiger partial charge in [0, 0.05) is 55.9 Å². The van der Waals surface area contributed by atoms with Crippen LogP contribution in [0.2, 0.25) is 0 Å². The zero-order valence-corrected chi connectivity index (χ0v) is 22.0. The number of nitrogens with zero attached hydrogens (tertiary/aromatic N) is 5. The van der Waals surface area contributed by atoms with E-state index < -0.39 is 17.4 Å². The van der Waals surface area contributed by atoms with E-state index in [0.29, 0.717) is 49.2 Å². The Kier molecular flexibility index (Phi) is 7.45. The number of rotatable bonds is 10. The summed E-state index contributed by atoms with van der Waals surface area (Å²) in [5.74, 6) is -0.978. The van der Waals surface area contributed by atoms with Gasteiger partial charge in [0.1, 0.15) is 0 Å². The van der Waals surface area contributed by atoms with Crippen LogP contribution < -0.4 is 9.80 Å². The molecular formula is C30H33N5O4. The lowest BCUT2D eigenvalue weighted by molar-refractivity contribution is -0.139. The summed E-state index contributed by atoms with van der Waals surface area (Å²) in [4.78, 5) is 29.9. The van der Waals surface area contributed by atoms with Crippen molar-refractivity contribution >= 4 is 28.9 Å². The Morgan fingerprint density at radius 1 is 1.15 bits per heavy atom. The molecule has 0 saturated heterocycles. The summed E-state index contributed by atoms with van der Waals surface area (Å²) in [6.07, 6.45) is 9.36. The highest BCUT2D eigenvalue weighted by molar-refractivity contribution is 6.09. The second-order valence-electron chi connectivity index (χ2n) is 9.98. The first-order chi connectivity index (χ1) is 18.9. The lowest BCUT2D eigenvalue weighted by Crippen LogP contribution is -2.44. The van der Waals surface area contributed by atoms with Crippen LogP contribution in [-0.2, 0) is 34.6 Å². The van der Waals surface area contributed by atoms with Gasteiger partial charge in [-0.2, -0.15) is 0 Å². The number of aromatic nitrogens is 3. The Morgan fingerprint density at radius 2 is 1.97 bits per heavy atom. The quantitative estimate of drug-likeness (QED) is 0.391. The Balaban J connectivity index is 1.44. The van der Waals surface area contributed by atoms with E-state index in [9.17, 15) is 14.7 Å². The molecule has 0 radical (unpaired) electrons. The minimum Gasteiger partial charge on any atom is -0.396 e. The summed E-state index contributed by atoms with van der Waals surface area (Å²) in [6.45, 7) is 6.46. The van der Waals surface area contributed by atoms with Gasteiger partial charge in [-0.05, 0) is 42.7 Å². The fraction of sp³-hybridized carbons (Fsp3) is 0.333. The van der Waals surface area contributed by atoms with Crippen molar-refractivity contribution in [1.29, 1.82) is 0 Å². The summed E-state index contributed by atoms with van der Waals surface area (Å²) in [6, 6.07) is 13.2. The van der Waals surface area contributed by atoms with Gasteiger partial charge in [0.05, 0.1) is 17.1 Å². The molecule has 0 unspecified atom stereocenters. The minimum atomic E-state index is -1.80. The molecule has 9 nitrogen and oxygen atoms in total. The average molecular weight is 528 g/mol. The normalized spacial score (nSPS) is 19.5. The van der Waals surface area contributed by atoms with Gasteiger partial charge in [-0.25, -0.2) is 0 Å². The summed E-state index contributed by atoms with van der Waals surface area (Å²) in [5, 5.41) is 29.1. The maximum Gasteiger partial charge on any atom is 0.264 e. The number of carbonyl (C=O) groups excluding carboxylic acids is 2. The lowest BCUT2D eigenvalue weighted by atomic mass is 9.82. The van der Waals surface area contributed by atoms with Crippen LogP contribution in [-0.4, -0.2) is 50.2 Å². The number of carbonyl (C=O) groups is 2. The standard InChI is InChI=1S/C30H33N5O4/c1-3-16-34-27-13-12-24(35-26-10-5-4-9-22(26)11-14-28(35)37)19-25(27)30(39,29(34)38)21(2)8-6-7-17-33-20-23(15-18-36)31-32-33/h3-6,8-10,12-13,19-21,36,39H,1,7,11,14-18H2,2H3/b8-6+/t21-,30+/m1/s1. The Morgan fingerprint density at radius 3 is 2.77 bits per heavy atom. The molecule has 1 aromatic heterocycles. The van der Waals surface area contributed by atoms with Crippen LogP contribution in [0.4, 0.5) is 17.1 Å². The van der Waals surface area contributed by atoms with E-state index in [1.807, 2.05) is 49.4 Å². The molecule has 2 amide bonds. The lowest BCUT2D eigenvalue weighted by Gasteiger charge is -2.31. The monoisotopic (exact) mass is 527 g/mol. The van der Waals surface area contributed by atoms with E-state index in [2.05, 4.69) is 16.9 Å². The van der Waals surface area contributed by atoms with Crippen LogP contribution in [0.1, 0.15) is 36.6 Å². The van der Waals surface area contributed by atoms with E-state index in [4.69, 9.17) is 5.11 Å². The first kappa shape index (κ1) is 26.5. The average Bonchev–Trinajstić information content (AvgIpc) is 3.48. The molecule has 0 bridgehead atoms. The van der Waals surface area contributed by atoms with Gasteiger partial charge in [-0.1, -0.05) is 48.6 Å². The molecule has 3 aromatic rings. The van der Waals surface area contributed by atoms with E-state index in [1.54, 1.807) is 38.9 Å². The van der Waals surface area contributed by atoms with Gasteiger partial charge < -0.3 is 15.1 Å². The van der Waals surface area contributed by atoms with Gasteiger partial charge in [0.2, 0.25) is 5.91 Å². The number of hydrogen-bond acceptors (Lipinski definition) is 6. The molecule has 3 heterocycles. The van der Waals surface area contributed by atoms with Crippen molar-refractivity contribution in [3.05, 3.63) is 90.3 Å². The van der Waals surface area contributed by atoms with Gasteiger partial charge in [0.25, 0.3) is 5.91 Å². The fourth-order valence-electron chi connectivity index (χ4n) is 5.42. The van der Waals surface area contributed by atoms with Crippen LogP contribution in [0.15, 0.2) is 73.5 Å². The van der Waals surface area contributed by atoms with Crippen molar-refractivity contribution in [2.24, 2.45) is 5.92 Å². The number of anilines is 3. The van der Waals surface area contributed by atoms with Crippen LogP contribution in [0.25, 0.3) is 0 Å². The molecule has 2 aliphatic rings. The third kappa shape index (κ3) is 4.79. The van der Waals surface area contributed by atoms with Crippen molar-refractivity contribution < 1.29 is 19.8 Å². The summed E-state index contributed by atoms with van der Waals surface area (Å²) in [5.41, 5.74) is 2.55. The number of amides is 2. The Labute approximate surface area is 227 Å². The fourth-order valence-corrected chi connectivity index (χ4v) is 5.42. The molecular weight excluding hydrogens is 494 g/mol. The number of aliphatic hydroxyl groups excluding tert-OH is 1. The Bertz CT molecular complexity index is 1430. The topological polar surface area (TPSA) is 112 Å². The Hall–Kier alpha value is -4.08. The largest absolute Gasteiger partial charge is 0.396 e. The van der Waals surface area contributed by atoms with Crippen molar-refractivity contribution in [3.63, 3.8) is 0 Å². The van der Waals surface area contributed by atoms with E-state index in [1.165, 1.54) is 0 Å². The highest BCUT2D eigenvalue weighted by Crippen LogP contribution is 2.47. The zero-order valence-electron chi connectivity index (χ0n) is 22.0. The van der Waals surface area contributed by atoms with Gasteiger partial charge in [-0.3, -0.25) is 19.2 Å². The van der Waals surface area contributed by atoms with Crippen LogP contribution >= 0.6 is 0 Å². The van der Waals surface area contributed by atoms with Crippen LogP contribution in [0, 0.1) is 5.92 Å². The number of allylic oxidation sites excluding steroid dienone is 1. The van der Waals surface area contributed by atoms with Gasteiger partial charge >= 0.3 is 0 Å². The SMILES string of the molecule is C=CCN1C(=O)[C@](O)([C@H](C)/C=C/CCn2cc(CCO)nn2)c2cc(N3C(=O)CCc4ccccc43)ccc21. The molecule has 39 heavy (non-hydrogen) atoms. The van der Waals surface area contributed by atoms with E-state index >= 15 is 0 Å². The molecule has 5 rings (SSSR count). The summed E-state index contributed by atoms with van der Waals surface area (Å²) >= 11 is 0. The van der Waals surface area contributed by atoms with Crippen LogP contribution in [0.5, 0.6) is 0 Å². The number of aryl methyl sites for hydroxylation is 2. The summed E-state index contributed by atoms with van der Waals surface area (Å²) in [7, 11) is 0. The van der Waals surface area contributed by atoms with Crippen molar-refractivity contribution in [2.75, 3.05) is 23.0 Å². The smallest absolute Gasteiger partial charge is 0.264 e. The molecule has 202 valence electrons. The predicted octanol–water partition coefficient (Wildman–Crippen LogP) is 3.43. The second-order valence-corrected chi connectivity index (χ2v) is 9.98. The molecule has 2 atom stereocenters. The van der Waals surface area contributed by atoms with Crippen LogP contribution in [0.3, 0.4) is 0 Å². The van der Waals surface area contributed by atoms with Crippen molar-refractivity contribution in [3.8, 4) is 0 Å². The number of fused-ring (bicyclic) bond motifs is 2. The predicted molar refractivity (Wildman–Crippen MR) is 149 cm³/mol. The molecule has 0 saturated carbocycles. The molecule has 0 aliphatic carbocycles. The number of aliphatic hydroxyl groups is 2. The summed E-state index contributed by atoms with van der Waals surface area (Å²) < 4.78 is 1.70. The molecule has 2 aliphatic heterocycles. The number of benzene rings is 2. The third-order valence-electron chi connectivity index (χ3n) is 7.48. The third-order valence-corrected chi connectivity index (χ3v) is 7.48. The highest BCUT2D eigenvalue weighted by atomic mass is 16.3. The minimum absolute atomic E-state index is 0.0207. The van der Waals surface area contributed by atoms with Gasteiger partial charge in [-0.15, -0.1) is 11.7 Å². The van der Waals surface area contributed by atoms with E-state index in [0.717, 1.165) is 16.9 Å². The molecule has 2 N–H and O–H groups in total. The maximum atomic E-state index is 13.7. The first-order valence-electron chi connectivity index (χ1n) is 13.3. The molecule has 2 aromatic carbocycles. The number of para-hydroxylation sites is 1. The molecule has 0 fully saturated rings. The van der Waals surface area contributed by atoms with Crippen molar-refractivity contribution in [2.45, 2.75) is 44.8 Å². The zero-order chi connectivity index (χ0) is 27.6. The molecule has 9 heteroatoms. The van der Waals surface area contributed by atoms with Crippen molar-refractivity contribution in [1.82, 2.24) is 15.0 Å². The second kappa shape index (κ2) is 11.0. The van der Waals surface area contributed by atoms with E-state index in [-0.39, 0.29) is 19.1 Å². The highest BCUT2D eigenvalue weighted by Gasteiger charge is 2.52.